The molecule has 1 aliphatic rings. The number of rotatable bonds is 8. The summed E-state index contributed by atoms with van der Waals surface area (Å²) < 4.78 is 2.08. The highest BCUT2D eigenvalue weighted by Gasteiger charge is 2.19. The molecule has 0 spiro atoms. The normalized spacial score (nSPS) is 14.1. The first kappa shape index (κ1) is 23.3. The third-order valence-electron chi connectivity index (χ3n) is 6.14. The molecule has 0 atom stereocenters. The Morgan fingerprint density at radius 1 is 0.800 bits per heavy atom. The molecule has 2 heterocycles. The number of hydrogen-bond acceptors (Lipinski definition) is 5. The van der Waals surface area contributed by atoms with E-state index in [1.54, 1.807) is 0 Å². The van der Waals surface area contributed by atoms with Crippen molar-refractivity contribution in [3.8, 4) is 16.8 Å². The number of piperidine rings is 1. The fourth-order valence-corrected chi connectivity index (χ4v) is 5.12. The van der Waals surface area contributed by atoms with Crippen molar-refractivity contribution in [1.82, 2.24) is 19.7 Å². The van der Waals surface area contributed by atoms with E-state index in [1.807, 2.05) is 60.7 Å². The van der Waals surface area contributed by atoms with Gasteiger partial charge in [-0.3, -0.25) is 14.3 Å². The zero-order chi connectivity index (χ0) is 23.9. The van der Waals surface area contributed by atoms with Gasteiger partial charge in [0.05, 0.1) is 12.3 Å². The molecule has 35 heavy (non-hydrogen) atoms. The zero-order valence-corrected chi connectivity index (χ0v) is 20.5. The molecule has 1 N–H and O–H groups in total. The summed E-state index contributed by atoms with van der Waals surface area (Å²) in [6.07, 6.45) is 3.76. The van der Waals surface area contributed by atoms with Crippen LogP contribution in [-0.2, 0) is 11.3 Å². The van der Waals surface area contributed by atoms with Gasteiger partial charge in [-0.2, -0.15) is 0 Å². The van der Waals surface area contributed by atoms with Crippen molar-refractivity contribution in [3.05, 3.63) is 90.8 Å². The lowest BCUT2D eigenvalue weighted by molar-refractivity contribution is -0.113. The fraction of sp³-hybridized carbons (Fsp3) is 0.250. The molecule has 5 rings (SSSR count). The van der Waals surface area contributed by atoms with E-state index in [1.165, 1.54) is 31.0 Å². The Hall–Kier alpha value is -3.42. The van der Waals surface area contributed by atoms with Crippen molar-refractivity contribution in [1.29, 1.82) is 0 Å². The molecule has 0 bridgehead atoms. The van der Waals surface area contributed by atoms with Gasteiger partial charge >= 0.3 is 0 Å². The van der Waals surface area contributed by atoms with Gasteiger partial charge in [-0.1, -0.05) is 78.8 Å². The Morgan fingerprint density at radius 3 is 2.17 bits per heavy atom. The smallest absolute Gasteiger partial charge is 0.234 e. The van der Waals surface area contributed by atoms with E-state index in [-0.39, 0.29) is 11.7 Å². The van der Waals surface area contributed by atoms with Crippen LogP contribution in [0.15, 0.2) is 90.1 Å². The molecule has 1 aromatic heterocycles. The van der Waals surface area contributed by atoms with Crippen LogP contribution in [0.4, 0.5) is 5.69 Å². The molecule has 0 unspecified atom stereocenters. The van der Waals surface area contributed by atoms with Gasteiger partial charge in [0, 0.05) is 11.4 Å². The number of hydrogen-bond donors (Lipinski definition) is 1. The number of para-hydroxylation sites is 1. The van der Waals surface area contributed by atoms with Crippen LogP contribution in [0.3, 0.4) is 0 Å². The largest absolute Gasteiger partial charge is 0.325 e. The predicted molar refractivity (Wildman–Crippen MR) is 142 cm³/mol. The molecule has 1 amide bonds. The van der Waals surface area contributed by atoms with Crippen LogP contribution in [0.2, 0.25) is 0 Å². The Kier molecular flexibility index (Phi) is 7.56. The topological polar surface area (TPSA) is 63.1 Å². The Bertz CT molecular complexity index is 1240. The molecule has 1 aliphatic heterocycles. The van der Waals surface area contributed by atoms with E-state index in [9.17, 15) is 4.79 Å². The molecular formula is C28H29N5OS. The minimum absolute atomic E-state index is 0.0670. The molecule has 4 aromatic rings. The summed E-state index contributed by atoms with van der Waals surface area (Å²) in [4.78, 5) is 15.2. The van der Waals surface area contributed by atoms with E-state index in [0.717, 1.165) is 53.1 Å². The second-order valence-electron chi connectivity index (χ2n) is 8.69. The van der Waals surface area contributed by atoms with Crippen molar-refractivity contribution >= 4 is 23.4 Å². The quantitative estimate of drug-likeness (QED) is 0.328. The highest BCUT2D eigenvalue weighted by molar-refractivity contribution is 7.99. The predicted octanol–water partition coefficient (Wildman–Crippen LogP) is 5.65. The first-order chi connectivity index (χ1) is 17.3. The maximum atomic E-state index is 12.7. The maximum absolute atomic E-state index is 12.7. The highest BCUT2D eigenvalue weighted by Crippen LogP contribution is 2.25. The Balaban J connectivity index is 1.25. The summed E-state index contributed by atoms with van der Waals surface area (Å²) >= 11 is 1.41. The molecule has 178 valence electrons. The number of carbonyl (C=O) groups excluding carboxylic acids is 1. The lowest BCUT2D eigenvalue weighted by Crippen LogP contribution is -2.30. The Labute approximate surface area is 210 Å². The van der Waals surface area contributed by atoms with Crippen molar-refractivity contribution < 1.29 is 4.79 Å². The summed E-state index contributed by atoms with van der Waals surface area (Å²) in [5.74, 6) is 1.11. The summed E-state index contributed by atoms with van der Waals surface area (Å²) in [7, 11) is 0. The van der Waals surface area contributed by atoms with Gasteiger partial charge < -0.3 is 5.32 Å². The minimum atomic E-state index is -0.0670. The van der Waals surface area contributed by atoms with Gasteiger partial charge in [-0.25, -0.2) is 0 Å². The van der Waals surface area contributed by atoms with E-state index < -0.39 is 0 Å². The number of carbonyl (C=O) groups is 1. The van der Waals surface area contributed by atoms with Gasteiger partial charge in [-0.15, -0.1) is 10.2 Å². The molecule has 1 fully saturated rings. The maximum Gasteiger partial charge on any atom is 0.234 e. The molecule has 0 aliphatic carbocycles. The lowest BCUT2D eigenvalue weighted by Gasteiger charge is -2.26. The average molecular weight is 484 g/mol. The van der Waals surface area contributed by atoms with Crippen LogP contribution in [-0.4, -0.2) is 44.4 Å². The number of aromatic nitrogens is 3. The van der Waals surface area contributed by atoms with E-state index in [0.29, 0.717) is 0 Å². The van der Waals surface area contributed by atoms with Gasteiger partial charge in [0.2, 0.25) is 5.91 Å². The molecule has 1 saturated heterocycles. The van der Waals surface area contributed by atoms with E-state index in [4.69, 9.17) is 0 Å². The van der Waals surface area contributed by atoms with Crippen LogP contribution in [0, 0.1) is 0 Å². The third-order valence-corrected chi connectivity index (χ3v) is 7.07. The lowest BCUT2D eigenvalue weighted by atomic mass is 10.1. The van der Waals surface area contributed by atoms with Gasteiger partial charge in [-0.05, 0) is 61.3 Å². The molecule has 0 radical (unpaired) electrons. The SMILES string of the molecule is O=C(CSc1nnc(CN2CCCCC2)n1-c1ccccc1)Nc1ccc(-c2ccccc2)cc1. The van der Waals surface area contributed by atoms with Crippen LogP contribution >= 0.6 is 11.8 Å². The molecular weight excluding hydrogens is 454 g/mol. The average Bonchev–Trinajstić information content (AvgIpc) is 3.32. The van der Waals surface area contributed by atoms with Crippen molar-refractivity contribution in [2.45, 2.75) is 31.0 Å². The molecule has 0 saturated carbocycles. The first-order valence-corrected chi connectivity index (χ1v) is 13.0. The number of amides is 1. The van der Waals surface area contributed by atoms with Crippen LogP contribution < -0.4 is 5.32 Å². The second kappa shape index (κ2) is 11.3. The number of nitrogens with zero attached hydrogens (tertiary/aromatic N) is 4. The standard InChI is InChI=1S/C28H29N5OS/c34-27(29-24-16-14-23(15-17-24)22-10-4-1-5-11-22)21-35-28-31-30-26(20-32-18-8-3-9-19-32)33(28)25-12-6-2-7-13-25/h1-2,4-7,10-17H,3,8-9,18-21H2,(H,29,34). The van der Waals surface area contributed by atoms with E-state index in [2.05, 4.69) is 49.2 Å². The van der Waals surface area contributed by atoms with Crippen LogP contribution in [0.1, 0.15) is 25.1 Å². The number of benzene rings is 3. The van der Waals surface area contributed by atoms with Gasteiger partial charge in [0.1, 0.15) is 0 Å². The van der Waals surface area contributed by atoms with Crippen LogP contribution in [0.5, 0.6) is 0 Å². The zero-order valence-electron chi connectivity index (χ0n) is 19.6. The van der Waals surface area contributed by atoms with Crippen molar-refractivity contribution in [2.24, 2.45) is 0 Å². The first-order valence-electron chi connectivity index (χ1n) is 12.1. The monoisotopic (exact) mass is 483 g/mol. The molecule has 7 heteroatoms. The molecule has 6 nitrogen and oxygen atoms in total. The molecule has 3 aromatic carbocycles. The van der Waals surface area contributed by atoms with Gasteiger partial charge in [0.15, 0.2) is 11.0 Å². The summed E-state index contributed by atoms with van der Waals surface area (Å²) in [6.45, 7) is 2.95. The minimum Gasteiger partial charge on any atom is -0.325 e. The summed E-state index contributed by atoms with van der Waals surface area (Å²) in [6, 6.07) is 28.3. The van der Waals surface area contributed by atoms with Gasteiger partial charge in [0.25, 0.3) is 0 Å². The van der Waals surface area contributed by atoms with E-state index >= 15 is 0 Å². The number of thioether (sulfide) groups is 1. The van der Waals surface area contributed by atoms with Crippen LogP contribution in [0.25, 0.3) is 16.8 Å². The van der Waals surface area contributed by atoms with Crippen molar-refractivity contribution in [3.63, 3.8) is 0 Å². The number of likely N-dealkylation sites (tertiary alicyclic amines) is 1. The second-order valence-corrected chi connectivity index (χ2v) is 9.63. The third kappa shape index (κ3) is 5.99. The highest BCUT2D eigenvalue weighted by atomic mass is 32.2. The van der Waals surface area contributed by atoms with Crippen molar-refractivity contribution in [2.75, 3.05) is 24.2 Å². The summed E-state index contributed by atoms with van der Waals surface area (Å²) in [5, 5.41) is 12.7. The number of nitrogens with one attached hydrogen (secondary N) is 1. The fourth-order valence-electron chi connectivity index (χ4n) is 4.35. The number of anilines is 1. The Morgan fingerprint density at radius 2 is 1.46 bits per heavy atom. The summed E-state index contributed by atoms with van der Waals surface area (Å²) in [5.41, 5.74) is 4.08.